The summed E-state index contributed by atoms with van der Waals surface area (Å²) in [4.78, 5) is 5.10. The van der Waals surface area contributed by atoms with Gasteiger partial charge < -0.3 is 5.73 Å². The lowest BCUT2D eigenvalue weighted by Gasteiger charge is -2.35. The monoisotopic (exact) mass is 291 g/mol. The van der Waals surface area contributed by atoms with Crippen LogP contribution in [0.15, 0.2) is 24.3 Å². The summed E-state index contributed by atoms with van der Waals surface area (Å²) in [5.74, 6) is -0.171. The van der Waals surface area contributed by atoms with Crippen LogP contribution in [-0.2, 0) is 0 Å². The normalized spacial score (nSPS) is 27.1. The summed E-state index contributed by atoms with van der Waals surface area (Å²) in [5.41, 5.74) is 7.27. The Labute approximate surface area is 126 Å². The molecule has 2 saturated heterocycles. The molecule has 4 heteroatoms. The first-order valence-corrected chi connectivity index (χ1v) is 8.14. The molecule has 2 N–H and O–H groups in total. The fraction of sp³-hybridized carbons (Fsp3) is 0.647. The van der Waals surface area contributed by atoms with Crippen LogP contribution in [0.5, 0.6) is 0 Å². The Kier molecular flexibility index (Phi) is 4.57. The van der Waals surface area contributed by atoms with Gasteiger partial charge in [0.2, 0.25) is 0 Å². The van der Waals surface area contributed by atoms with Crippen molar-refractivity contribution in [2.45, 2.75) is 44.3 Å². The van der Waals surface area contributed by atoms with Crippen LogP contribution in [0.3, 0.4) is 0 Å². The van der Waals surface area contributed by atoms with Gasteiger partial charge >= 0.3 is 0 Å². The van der Waals surface area contributed by atoms with Gasteiger partial charge in [-0.05, 0) is 57.0 Å². The Hall–Kier alpha value is -0.970. The molecule has 2 fully saturated rings. The lowest BCUT2D eigenvalue weighted by atomic mass is 9.98. The summed E-state index contributed by atoms with van der Waals surface area (Å²) < 4.78 is 13.6. The zero-order chi connectivity index (χ0) is 14.8. The molecule has 0 radical (unpaired) electrons. The zero-order valence-electron chi connectivity index (χ0n) is 12.8. The highest BCUT2D eigenvalue weighted by molar-refractivity contribution is 5.22. The van der Waals surface area contributed by atoms with Gasteiger partial charge in [-0.3, -0.25) is 9.80 Å². The van der Waals surface area contributed by atoms with Crippen molar-refractivity contribution in [1.82, 2.24) is 9.80 Å². The second-order valence-electron chi connectivity index (χ2n) is 6.54. The molecule has 0 saturated carbocycles. The van der Waals surface area contributed by atoms with E-state index in [2.05, 4.69) is 9.80 Å². The summed E-state index contributed by atoms with van der Waals surface area (Å²) >= 11 is 0. The molecule has 1 aromatic carbocycles. The third kappa shape index (κ3) is 3.28. The first-order valence-electron chi connectivity index (χ1n) is 8.14. The Morgan fingerprint density at radius 3 is 2.81 bits per heavy atom. The highest BCUT2D eigenvalue weighted by atomic mass is 19.1. The zero-order valence-corrected chi connectivity index (χ0v) is 12.8. The van der Waals surface area contributed by atoms with E-state index < -0.39 is 0 Å². The minimum atomic E-state index is -0.171. The van der Waals surface area contributed by atoms with Gasteiger partial charge in [-0.1, -0.05) is 12.1 Å². The molecule has 3 unspecified atom stereocenters. The van der Waals surface area contributed by atoms with E-state index in [0.717, 1.165) is 18.7 Å². The summed E-state index contributed by atoms with van der Waals surface area (Å²) in [6.45, 7) is 6.57. The number of nitrogens with two attached hydrogens (primary N) is 1. The Morgan fingerprint density at radius 1 is 1.24 bits per heavy atom. The summed E-state index contributed by atoms with van der Waals surface area (Å²) in [7, 11) is 0. The van der Waals surface area contributed by atoms with Crippen LogP contribution in [0.1, 0.15) is 37.8 Å². The summed E-state index contributed by atoms with van der Waals surface area (Å²) in [5, 5.41) is 0. The lowest BCUT2D eigenvalue weighted by Crippen LogP contribution is -2.44. The maximum Gasteiger partial charge on any atom is 0.123 e. The minimum Gasteiger partial charge on any atom is -0.326 e. The average Bonchev–Trinajstić information content (AvgIpc) is 2.77. The average molecular weight is 291 g/mol. The molecule has 0 amide bonds. The minimum absolute atomic E-state index is 0.000229. The van der Waals surface area contributed by atoms with Crippen molar-refractivity contribution in [2.75, 3.05) is 26.2 Å². The standard InChI is InChI=1S/C17H26FN3/c1-13(19)17(14-5-2-6-15(18)11-14)21-10-4-9-20-8-3-7-16(20)12-21/h2,5-6,11,13,16-17H,3-4,7-10,12,19H2,1H3. The fourth-order valence-corrected chi connectivity index (χ4v) is 4.03. The molecular formula is C17H26FN3. The van der Waals surface area contributed by atoms with E-state index in [1.165, 1.54) is 38.4 Å². The Morgan fingerprint density at radius 2 is 2.05 bits per heavy atom. The van der Waals surface area contributed by atoms with Gasteiger partial charge in [-0.2, -0.15) is 0 Å². The van der Waals surface area contributed by atoms with Gasteiger partial charge in [0, 0.05) is 31.2 Å². The SMILES string of the molecule is CC(N)C(c1cccc(F)c1)N1CCCN2CCCC2C1. The molecule has 0 bridgehead atoms. The van der Waals surface area contributed by atoms with Gasteiger partial charge in [0.05, 0.1) is 0 Å². The van der Waals surface area contributed by atoms with Crippen molar-refractivity contribution in [3.63, 3.8) is 0 Å². The lowest BCUT2D eigenvalue weighted by molar-refractivity contribution is 0.157. The van der Waals surface area contributed by atoms with Crippen LogP contribution >= 0.6 is 0 Å². The smallest absolute Gasteiger partial charge is 0.123 e. The number of rotatable bonds is 3. The van der Waals surface area contributed by atoms with Gasteiger partial charge in [0.25, 0.3) is 0 Å². The first kappa shape index (κ1) is 14.9. The van der Waals surface area contributed by atoms with E-state index in [1.807, 2.05) is 13.0 Å². The van der Waals surface area contributed by atoms with E-state index in [1.54, 1.807) is 12.1 Å². The van der Waals surface area contributed by atoms with Gasteiger partial charge in [-0.15, -0.1) is 0 Å². The predicted molar refractivity (Wildman–Crippen MR) is 83.6 cm³/mol. The second-order valence-corrected chi connectivity index (χ2v) is 6.54. The molecule has 0 aromatic heterocycles. The maximum atomic E-state index is 13.6. The van der Waals surface area contributed by atoms with Crippen molar-refractivity contribution in [3.8, 4) is 0 Å². The van der Waals surface area contributed by atoms with Crippen molar-refractivity contribution in [2.24, 2.45) is 5.73 Å². The van der Waals surface area contributed by atoms with Crippen LogP contribution in [-0.4, -0.2) is 48.1 Å². The van der Waals surface area contributed by atoms with Crippen LogP contribution in [0.2, 0.25) is 0 Å². The molecule has 2 heterocycles. The topological polar surface area (TPSA) is 32.5 Å². The molecule has 21 heavy (non-hydrogen) atoms. The molecule has 3 rings (SSSR count). The molecule has 0 aliphatic carbocycles. The maximum absolute atomic E-state index is 13.6. The number of halogens is 1. The number of fused-ring (bicyclic) bond motifs is 1. The van der Waals surface area contributed by atoms with E-state index in [-0.39, 0.29) is 17.9 Å². The van der Waals surface area contributed by atoms with Crippen LogP contribution < -0.4 is 5.73 Å². The van der Waals surface area contributed by atoms with Crippen molar-refractivity contribution < 1.29 is 4.39 Å². The second kappa shape index (κ2) is 6.42. The molecule has 3 nitrogen and oxygen atoms in total. The van der Waals surface area contributed by atoms with Crippen molar-refractivity contribution in [3.05, 3.63) is 35.6 Å². The number of benzene rings is 1. The number of hydrogen-bond donors (Lipinski definition) is 1. The van der Waals surface area contributed by atoms with E-state index in [9.17, 15) is 4.39 Å². The quantitative estimate of drug-likeness (QED) is 0.928. The largest absolute Gasteiger partial charge is 0.326 e. The number of nitrogens with zero attached hydrogens (tertiary/aromatic N) is 2. The summed E-state index contributed by atoms with van der Waals surface area (Å²) in [6.07, 6.45) is 3.77. The highest BCUT2D eigenvalue weighted by Gasteiger charge is 2.33. The van der Waals surface area contributed by atoms with E-state index in [4.69, 9.17) is 5.73 Å². The van der Waals surface area contributed by atoms with E-state index in [0.29, 0.717) is 6.04 Å². The van der Waals surface area contributed by atoms with Crippen LogP contribution in [0, 0.1) is 5.82 Å². The third-order valence-electron chi connectivity index (χ3n) is 4.92. The summed E-state index contributed by atoms with van der Waals surface area (Å²) in [6, 6.07) is 7.71. The molecule has 116 valence electrons. The third-order valence-corrected chi connectivity index (χ3v) is 4.92. The van der Waals surface area contributed by atoms with Gasteiger partial charge in [-0.25, -0.2) is 4.39 Å². The van der Waals surface area contributed by atoms with Gasteiger partial charge in [0.1, 0.15) is 5.82 Å². The highest BCUT2D eigenvalue weighted by Crippen LogP contribution is 2.29. The molecule has 3 atom stereocenters. The molecule has 1 aromatic rings. The number of hydrogen-bond acceptors (Lipinski definition) is 3. The first-order chi connectivity index (χ1) is 10.1. The predicted octanol–water partition coefficient (Wildman–Crippen LogP) is 2.38. The van der Waals surface area contributed by atoms with Crippen molar-refractivity contribution in [1.29, 1.82) is 0 Å². The van der Waals surface area contributed by atoms with Crippen LogP contribution in [0.4, 0.5) is 4.39 Å². The van der Waals surface area contributed by atoms with E-state index >= 15 is 0 Å². The van der Waals surface area contributed by atoms with Crippen molar-refractivity contribution >= 4 is 0 Å². The molecule has 2 aliphatic heterocycles. The Balaban J connectivity index is 1.83. The molecule has 0 spiro atoms. The van der Waals surface area contributed by atoms with Gasteiger partial charge in [0.15, 0.2) is 0 Å². The molecular weight excluding hydrogens is 265 g/mol. The van der Waals surface area contributed by atoms with Crippen LogP contribution in [0.25, 0.3) is 0 Å². The fourth-order valence-electron chi connectivity index (χ4n) is 4.03. The Bertz CT molecular complexity index is 477. The molecule has 2 aliphatic rings.